The number of carbonyl (C=O) groups excluding carboxylic acids is 1. The Hall–Kier alpha value is -2.29. The number of sulfonamides is 1. The highest BCUT2D eigenvalue weighted by Crippen LogP contribution is 2.55. The second-order valence-electron chi connectivity index (χ2n) is 7.44. The van der Waals surface area contributed by atoms with Crippen molar-refractivity contribution >= 4 is 15.9 Å². The average molecular weight is 404 g/mol. The number of aliphatic hydroxyl groups is 1. The van der Waals surface area contributed by atoms with Crippen molar-refractivity contribution in [2.24, 2.45) is 0 Å². The molecule has 0 radical (unpaired) electrons. The molecule has 8 heteroatoms. The zero-order valence-corrected chi connectivity index (χ0v) is 16.1. The molecule has 28 heavy (non-hydrogen) atoms. The van der Waals surface area contributed by atoms with Crippen LogP contribution >= 0.6 is 0 Å². The van der Waals surface area contributed by atoms with Crippen LogP contribution in [0.3, 0.4) is 0 Å². The van der Waals surface area contributed by atoms with Crippen LogP contribution in [-0.4, -0.2) is 66.2 Å². The molecule has 2 fully saturated rings. The van der Waals surface area contributed by atoms with Crippen LogP contribution in [0.25, 0.3) is 0 Å². The van der Waals surface area contributed by atoms with Gasteiger partial charge in [0, 0.05) is 19.0 Å². The van der Waals surface area contributed by atoms with Gasteiger partial charge in [-0.2, -0.15) is 4.31 Å². The van der Waals surface area contributed by atoms with Crippen LogP contribution in [0, 0.1) is 5.82 Å². The summed E-state index contributed by atoms with van der Waals surface area (Å²) in [7, 11) is -3.60. The lowest BCUT2D eigenvalue weighted by atomic mass is 9.62. The van der Waals surface area contributed by atoms with Crippen LogP contribution in [0.4, 0.5) is 4.39 Å². The Labute approximate surface area is 163 Å². The molecule has 1 spiro atoms. The zero-order valence-electron chi connectivity index (χ0n) is 15.3. The number of hydrogen-bond donors (Lipinski definition) is 1. The minimum Gasteiger partial charge on any atom is -0.395 e. The molecular weight excluding hydrogens is 383 g/mol. The zero-order chi connectivity index (χ0) is 20.1. The maximum atomic E-state index is 14.0. The predicted octanol–water partition coefficient (Wildman–Crippen LogP) is 1.44. The molecular formula is C20H21FN2O4S. The van der Waals surface area contributed by atoms with E-state index in [9.17, 15) is 22.7 Å². The van der Waals surface area contributed by atoms with Gasteiger partial charge in [0.2, 0.25) is 10.0 Å². The SMILES string of the molecule is CS(=O)(=O)N1[C@H](CO)[C@H](c2ccccc2)C12CN(C(=O)c1ccccc1F)C2. The Kier molecular flexibility index (Phi) is 4.52. The predicted molar refractivity (Wildman–Crippen MR) is 102 cm³/mol. The van der Waals surface area contributed by atoms with E-state index in [1.807, 2.05) is 30.3 Å². The van der Waals surface area contributed by atoms with Crippen LogP contribution < -0.4 is 0 Å². The van der Waals surface area contributed by atoms with E-state index in [2.05, 4.69) is 0 Å². The minimum absolute atomic E-state index is 0.0300. The summed E-state index contributed by atoms with van der Waals surface area (Å²) in [4.78, 5) is 14.2. The van der Waals surface area contributed by atoms with E-state index in [0.717, 1.165) is 11.8 Å². The van der Waals surface area contributed by atoms with Gasteiger partial charge in [0.05, 0.1) is 30.0 Å². The van der Waals surface area contributed by atoms with E-state index < -0.39 is 33.3 Å². The summed E-state index contributed by atoms with van der Waals surface area (Å²) in [6.07, 6.45) is 1.11. The number of rotatable bonds is 4. The first-order valence-corrected chi connectivity index (χ1v) is 10.8. The fourth-order valence-electron chi connectivity index (χ4n) is 4.73. The summed E-state index contributed by atoms with van der Waals surface area (Å²) in [6, 6.07) is 14.6. The summed E-state index contributed by atoms with van der Waals surface area (Å²) in [5.74, 6) is -1.30. The van der Waals surface area contributed by atoms with E-state index in [4.69, 9.17) is 0 Å². The number of halogens is 1. The van der Waals surface area contributed by atoms with Crippen LogP contribution in [0.2, 0.25) is 0 Å². The van der Waals surface area contributed by atoms with Crippen molar-refractivity contribution in [2.45, 2.75) is 17.5 Å². The number of amides is 1. The Morgan fingerprint density at radius 3 is 2.32 bits per heavy atom. The second-order valence-corrected chi connectivity index (χ2v) is 9.30. The molecule has 0 aromatic heterocycles. The van der Waals surface area contributed by atoms with Crippen molar-refractivity contribution in [1.29, 1.82) is 0 Å². The van der Waals surface area contributed by atoms with Crippen LogP contribution in [0.15, 0.2) is 54.6 Å². The molecule has 2 saturated heterocycles. The van der Waals surface area contributed by atoms with Gasteiger partial charge in [0.15, 0.2) is 0 Å². The number of carbonyl (C=O) groups is 1. The van der Waals surface area contributed by atoms with E-state index in [-0.39, 0.29) is 31.2 Å². The van der Waals surface area contributed by atoms with Gasteiger partial charge in [0.1, 0.15) is 5.82 Å². The Bertz CT molecular complexity index is 1010. The first-order chi connectivity index (χ1) is 13.3. The molecule has 2 aliphatic heterocycles. The smallest absolute Gasteiger partial charge is 0.256 e. The van der Waals surface area contributed by atoms with Crippen molar-refractivity contribution < 1.29 is 22.7 Å². The highest BCUT2D eigenvalue weighted by molar-refractivity contribution is 7.88. The molecule has 2 aromatic rings. The summed E-state index contributed by atoms with van der Waals surface area (Å²) in [6.45, 7) is 0.00222. The molecule has 148 valence electrons. The Balaban J connectivity index is 1.66. The quantitative estimate of drug-likeness (QED) is 0.837. The van der Waals surface area contributed by atoms with E-state index in [1.165, 1.54) is 27.4 Å². The van der Waals surface area contributed by atoms with Crippen LogP contribution in [0.5, 0.6) is 0 Å². The third-order valence-corrected chi connectivity index (χ3v) is 7.08. The van der Waals surface area contributed by atoms with Crippen LogP contribution in [-0.2, 0) is 10.0 Å². The summed E-state index contributed by atoms with van der Waals surface area (Å²) < 4.78 is 40.1. The van der Waals surface area contributed by atoms with Gasteiger partial charge in [-0.1, -0.05) is 42.5 Å². The molecule has 0 aliphatic carbocycles. The standard InChI is InChI=1S/C20H21FN2O4S/c1-28(26,27)23-17(11-24)18(14-7-3-2-4-8-14)20(23)12-22(13-20)19(25)15-9-5-6-10-16(15)21/h2-10,17-18,24H,11-13H2,1H3/t17-,18+/m1/s1. The number of hydrogen-bond acceptors (Lipinski definition) is 4. The van der Waals surface area contributed by atoms with Crippen molar-refractivity contribution in [1.82, 2.24) is 9.21 Å². The summed E-state index contributed by atoms with van der Waals surface area (Å²) in [5.41, 5.74) is 0.0699. The normalized spacial score (nSPS) is 23.9. The van der Waals surface area contributed by atoms with E-state index in [1.54, 1.807) is 6.07 Å². The molecule has 1 amide bonds. The molecule has 2 atom stereocenters. The number of benzene rings is 2. The molecule has 0 bridgehead atoms. The maximum absolute atomic E-state index is 14.0. The average Bonchev–Trinajstić information content (AvgIpc) is 2.60. The fourth-order valence-corrected chi connectivity index (χ4v) is 6.30. The first kappa shape index (κ1) is 19.0. The van der Waals surface area contributed by atoms with Gasteiger partial charge in [-0.25, -0.2) is 12.8 Å². The highest BCUT2D eigenvalue weighted by Gasteiger charge is 2.69. The highest BCUT2D eigenvalue weighted by atomic mass is 32.2. The molecule has 4 rings (SSSR count). The molecule has 0 unspecified atom stereocenters. The number of aliphatic hydroxyl groups excluding tert-OH is 1. The van der Waals surface area contributed by atoms with Gasteiger partial charge < -0.3 is 10.0 Å². The van der Waals surface area contributed by atoms with Gasteiger partial charge in [-0.3, -0.25) is 4.79 Å². The largest absolute Gasteiger partial charge is 0.395 e. The fraction of sp³-hybridized carbons (Fsp3) is 0.350. The molecule has 2 aromatic carbocycles. The summed E-state index contributed by atoms with van der Waals surface area (Å²) >= 11 is 0. The van der Waals surface area contributed by atoms with Gasteiger partial charge >= 0.3 is 0 Å². The molecule has 2 aliphatic rings. The van der Waals surface area contributed by atoms with Gasteiger partial charge in [-0.05, 0) is 17.7 Å². The molecule has 6 nitrogen and oxygen atoms in total. The van der Waals surface area contributed by atoms with Gasteiger partial charge in [-0.15, -0.1) is 0 Å². The third-order valence-electron chi connectivity index (χ3n) is 5.73. The lowest BCUT2D eigenvalue weighted by Crippen LogP contribution is -2.85. The monoisotopic (exact) mass is 404 g/mol. The maximum Gasteiger partial charge on any atom is 0.256 e. The summed E-state index contributed by atoms with van der Waals surface area (Å²) in [5, 5.41) is 9.86. The topological polar surface area (TPSA) is 77.9 Å². The Morgan fingerprint density at radius 1 is 1.14 bits per heavy atom. The van der Waals surface area contributed by atoms with Crippen molar-refractivity contribution in [2.75, 3.05) is 26.0 Å². The molecule has 2 heterocycles. The van der Waals surface area contributed by atoms with Gasteiger partial charge in [0.25, 0.3) is 5.91 Å². The van der Waals surface area contributed by atoms with E-state index >= 15 is 0 Å². The first-order valence-electron chi connectivity index (χ1n) is 8.99. The van der Waals surface area contributed by atoms with Crippen molar-refractivity contribution in [3.63, 3.8) is 0 Å². The van der Waals surface area contributed by atoms with Crippen molar-refractivity contribution in [3.05, 3.63) is 71.5 Å². The number of likely N-dealkylation sites (tertiary alicyclic amines) is 1. The van der Waals surface area contributed by atoms with Crippen molar-refractivity contribution in [3.8, 4) is 0 Å². The Morgan fingerprint density at radius 2 is 1.75 bits per heavy atom. The lowest BCUT2D eigenvalue weighted by molar-refractivity contribution is -0.127. The molecule has 0 saturated carbocycles. The minimum atomic E-state index is -3.60. The van der Waals surface area contributed by atoms with E-state index in [0.29, 0.717) is 0 Å². The molecule has 1 N–H and O–H groups in total. The second kappa shape index (κ2) is 6.65. The number of nitrogens with zero attached hydrogens (tertiary/aromatic N) is 2. The lowest BCUT2D eigenvalue weighted by Gasteiger charge is -2.69. The third kappa shape index (κ3) is 2.75. The van der Waals surface area contributed by atoms with Crippen LogP contribution in [0.1, 0.15) is 21.8 Å².